The molecule has 1 aromatic rings. The van der Waals surface area contributed by atoms with Crippen molar-refractivity contribution in [1.29, 1.82) is 0 Å². The molecule has 8 nitrogen and oxygen atoms in total. The Morgan fingerprint density at radius 1 is 1.07 bits per heavy atom. The molecule has 0 bridgehead atoms. The van der Waals surface area contributed by atoms with Crippen molar-refractivity contribution in [3.8, 4) is 0 Å². The smallest absolute Gasteiger partial charge is 0.411 e. The molecule has 3 fully saturated rings. The Morgan fingerprint density at radius 2 is 1.76 bits per heavy atom. The Morgan fingerprint density at radius 3 is 2.43 bits per heavy atom. The van der Waals surface area contributed by atoms with Gasteiger partial charge in [0.25, 0.3) is 0 Å². The van der Waals surface area contributed by atoms with Gasteiger partial charge >= 0.3 is 6.09 Å². The molecule has 1 saturated carbocycles. The van der Waals surface area contributed by atoms with Gasteiger partial charge < -0.3 is 15.4 Å². The number of piperidine rings is 1. The van der Waals surface area contributed by atoms with Crippen LogP contribution in [0.1, 0.15) is 71.3 Å². The molecular weight excluding hydrogens is 575 g/mol. The summed E-state index contributed by atoms with van der Waals surface area (Å²) in [5.74, 6) is 2.32. The highest BCUT2D eigenvalue weighted by Crippen LogP contribution is 2.28. The van der Waals surface area contributed by atoms with Gasteiger partial charge in [-0.15, -0.1) is 11.8 Å². The van der Waals surface area contributed by atoms with E-state index < -0.39 is 23.8 Å². The number of hydrogen-bond acceptors (Lipinski definition) is 7. The number of carbonyl (C=O) groups is 3. The predicted molar refractivity (Wildman–Crippen MR) is 168 cm³/mol. The van der Waals surface area contributed by atoms with Gasteiger partial charge in [-0.3, -0.25) is 19.4 Å². The van der Waals surface area contributed by atoms with E-state index in [9.17, 15) is 18.8 Å². The Kier molecular flexibility index (Phi) is 12.3. The van der Waals surface area contributed by atoms with E-state index in [1.54, 1.807) is 32.5 Å². The number of thioether (sulfide) groups is 2. The first kappa shape index (κ1) is 32.9. The summed E-state index contributed by atoms with van der Waals surface area (Å²) in [6, 6.07) is 5.29. The van der Waals surface area contributed by atoms with E-state index in [1.807, 2.05) is 12.1 Å². The summed E-state index contributed by atoms with van der Waals surface area (Å²) in [6.45, 7) is 7.84. The lowest BCUT2D eigenvalue weighted by molar-refractivity contribution is -0.131. The minimum atomic E-state index is -0.672. The molecule has 2 aliphatic heterocycles. The van der Waals surface area contributed by atoms with Crippen molar-refractivity contribution in [2.45, 2.75) is 96.0 Å². The topological polar surface area (TPSA) is 91.0 Å². The van der Waals surface area contributed by atoms with Gasteiger partial charge in [-0.1, -0.05) is 31.4 Å². The summed E-state index contributed by atoms with van der Waals surface area (Å²) < 4.78 is 18.8. The van der Waals surface area contributed by atoms with E-state index in [0.29, 0.717) is 23.3 Å². The van der Waals surface area contributed by atoms with Crippen LogP contribution in [-0.2, 0) is 20.9 Å². The Bertz CT molecular complexity index is 1040. The molecule has 234 valence electrons. The van der Waals surface area contributed by atoms with Crippen LogP contribution in [0.25, 0.3) is 0 Å². The van der Waals surface area contributed by atoms with Crippen LogP contribution in [0.2, 0.25) is 0 Å². The summed E-state index contributed by atoms with van der Waals surface area (Å²) in [4.78, 5) is 43.5. The van der Waals surface area contributed by atoms with Crippen LogP contribution in [-0.4, -0.2) is 87.7 Å². The number of nitrogens with zero attached hydrogens (tertiary/aromatic N) is 2. The molecule has 2 heterocycles. The van der Waals surface area contributed by atoms with Crippen LogP contribution in [0.15, 0.2) is 24.3 Å². The van der Waals surface area contributed by atoms with Crippen LogP contribution >= 0.6 is 23.5 Å². The maximum Gasteiger partial charge on any atom is 0.411 e. The van der Waals surface area contributed by atoms with Crippen molar-refractivity contribution in [3.63, 3.8) is 0 Å². The third-order valence-electron chi connectivity index (χ3n) is 8.06. The van der Waals surface area contributed by atoms with Crippen LogP contribution in [0, 0.1) is 11.7 Å². The monoisotopic (exact) mass is 622 g/mol. The standard InChI is InChI=1S/C31H47FN4O4S2/c1-31(2,3)40-30(39)36-21-42-20-27(36)29(38)34-26(19-41-18-23-7-5-4-6-8-23)28(37)33-25-13-15-35(16-14-25)17-22-9-11-24(32)12-10-22/h9-12,23,25-27H,4-8,13-21H2,1-3H3,(H,33,37)(H,34,38). The van der Waals surface area contributed by atoms with Crippen LogP contribution in [0.4, 0.5) is 9.18 Å². The molecule has 2 unspecified atom stereocenters. The minimum absolute atomic E-state index is 0.0324. The fourth-order valence-electron chi connectivity index (χ4n) is 5.70. The van der Waals surface area contributed by atoms with Crippen LogP contribution < -0.4 is 10.6 Å². The normalized spacial score (nSPS) is 21.6. The molecule has 11 heteroatoms. The fraction of sp³-hybridized carbons (Fsp3) is 0.710. The summed E-state index contributed by atoms with van der Waals surface area (Å²) in [5, 5.41) is 6.21. The quantitative estimate of drug-likeness (QED) is 0.379. The largest absolute Gasteiger partial charge is 0.444 e. The van der Waals surface area contributed by atoms with Crippen molar-refractivity contribution in [2.24, 2.45) is 5.92 Å². The number of ether oxygens (including phenoxy) is 1. The number of hydrogen-bond donors (Lipinski definition) is 2. The number of amides is 3. The highest BCUT2D eigenvalue weighted by atomic mass is 32.2. The molecule has 0 spiro atoms. The second-order valence-electron chi connectivity index (χ2n) is 12.8. The number of halogens is 1. The molecule has 1 aromatic carbocycles. The Balaban J connectivity index is 1.32. The van der Waals surface area contributed by atoms with Gasteiger partial charge in [-0.25, -0.2) is 9.18 Å². The van der Waals surface area contributed by atoms with Crippen molar-refractivity contribution >= 4 is 41.4 Å². The SMILES string of the molecule is CC(C)(C)OC(=O)N1CSCC1C(=O)NC(CSCC1CCCCC1)C(=O)NC1CCN(Cc2ccc(F)cc2)CC1. The molecule has 0 radical (unpaired) electrons. The van der Waals surface area contributed by atoms with Crippen LogP contribution in [0.5, 0.6) is 0 Å². The average molecular weight is 623 g/mol. The Hall–Kier alpha value is -1.98. The highest BCUT2D eigenvalue weighted by molar-refractivity contribution is 7.99. The van der Waals surface area contributed by atoms with Gasteiger partial charge in [0.2, 0.25) is 11.8 Å². The molecule has 1 aliphatic carbocycles. The van der Waals surface area contributed by atoms with E-state index in [4.69, 9.17) is 4.74 Å². The lowest BCUT2D eigenvalue weighted by Gasteiger charge is -2.33. The first-order valence-corrected chi connectivity index (χ1v) is 17.6. The van der Waals surface area contributed by atoms with Gasteiger partial charge in [0.05, 0.1) is 5.88 Å². The lowest BCUT2D eigenvalue weighted by atomic mass is 9.91. The molecule has 2 N–H and O–H groups in total. The molecule has 2 saturated heterocycles. The van der Waals surface area contributed by atoms with Gasteiger partial charge in [0, 0.05) is 37.2 Å². The van der Waals surface area contributed by atoms with Gasteiger partial charge in [-0.05, 0) is 75.8 Å². The average Bonchev–Trinajstić information content (AvgIpc) is 3.45. The zero-order valence-electron chi connectivity index (χ0n) is 25.2. The molecule has 3 amide bonds. The van der Waals surface area contributed by atoms with E-state index >= 15 is 0 Å². The Labute approximate surface area is 258 Å². The lowest BCUT2D eigenvalue weighted by Crippen LogP contribution is -2.57. The van der Waals surface area contributed by atoms with Gasteiger partial charge in [-0.2, -0.15) is 11.8 Å². The van der Waals surface area contributed by atoms with Crippen molar-refractivity contribution in [2.75, 3.05) is 36.2 Å². The van der Waals surface area contributed by atoms with Crippen LogP contribution in [0.3, 0.4) is 0 Å². The fourth-order valence-corrected chi connectivity index (χ4v) is 8.12. The highest BCUT2D eigenvalue weighted by Gasteiger charge is 2.39. The minimum Gasteiger partial charge on any atom is -0.444 e. The zero-order valence-corrected chi connectivity index (χ0v) is 26.9. The molecule has 4 rings (SSSR count). The summed E-state index contributed by atoms with van der Waals surface area (Å²) in [6.07, 6.45) is 7.43. The second kappa shape index (κ2) is 15.7. The number of carbonyl (C=O) groups excluding carboxylic acids is 3. The summed E-state index contributed by atoms with van der Waals surface area (Å²) >= 11 is 3.25. The first-order valence-electron chi connectivity index (χ1n) is 15.3. The van der Waals surface area contributed by atoms with E-state index in [0.717, 1.165) is 43.8 Å². The van der Waals surface area contributed by atoms with Gasteiger partial charge in [0.15, 0.2) is 0 Å². The number of nitrogens with one attached hydrogen (secondary N) is 2. The number of likely N-dealkylation sites (tertiary alicyclic amines) is 1. The van der Waals surface area contributed by atoms with Gasteiger partial charge in [0.1, 0.15) is 23.5 Å². The van der Waals surface area contributed by atoms with Crippen molar-refractivity contribution in [3.05, 3.63) is 35.6 Å². The molecule has 0 aromatic heterocycles. The maximum atomic E-state index is 13.6. The molecule has 3 aliphatic rings. The summed E-state index contributed by atoms with van der Waals surface area (Å²) in [5.41, 5.74) is 0.417. The molecule has 2 atom stereocenters. The third kappa shape index (κ3) is 10.3. The number of benzene rings is 1. The molecule has 42 heavy (non-hydrogen) atoms. The van der Waals surface area contributed by atoms with Crippen molar-refractivity contribution < 1.29 is 23.5 Å². The predicted octanol–water partition coefficient (Wildman–Crippen LogP) is 5.01. The first-order chi connectivity index (χ1) is 20.1. The van der Waals surface area contributed by atoms with E-state index in [-0.39, 0.29) is 23.7 Å². The molecular formula is C31H47FN4O4S2. The maximum absolute atomic E-state index is 13.6. The van der Waals surface area contributed by atoms with Crippen molar-refractivity contribution in [1.82, 2.24) is 20.4 Å². The summed E-state index contributed by atoms with van der Waals surface area (Å²) in [7, 11) is 0. The van der Waals surface area contributed by atoms with E-state index in [1.165, 1.54) is 60.9 Å². The second-order valence-corrected chi connectivity index (χ2v) is 14.8. The number of rotatable bonds is 10. The zero-order chi connectivity index (χ0) is 30.1. The van der Waals surface area contributed by atoms with E-state index in [2.05, 4.69) is 15.5 Å². The third-order valence-corrected chi connectivity index (χ3v) is 10.4.